The molecule has 0 saturated heterocycles. The van der Waals surface area contributed by atoms with Crippen LogP contribution < -0.4 is 4.90 Å². The van der Waals surface area contributed by atoms with Crippen molar-refractivity contribution in [1.82, 2.24) is 0 Å². The van der Waals surface area contributed by atoms with Crippen molar-refractivity contribution < 1.29 is 4.42 Å². The summed E-state index contributed by atoms with van der Waals surface area (Å²) in [7, 11) is 0. The third-order valence-corrected chi connectivity index (χ3v) is 15.7. The molecule has 0 fully saturated rings. The Kier molecular flexibility index (Phi) is 8.75. The highest BCUT2D eigenvalue weighted by Crippen LogP contribution is 2.51. The van der Waals surface area contributed by atoms with Gasteiger partial charge in [0.25, 0.3) is 0 Å². The minimum atomic E-state index is 0.336. The van der Waals surface area contributed by atoms with Gasteiger partial charge in [-0.3, -0.25) is 0 Å². The topological polar surface area (TPSA) is 16.4 Å². The molecule has 0 amide bonds. The van der Waals surface area contributed by atoms with Gasteiger partial charge in [0.05, 0.1) is 0 Å². The van der Waals surface area contributed by atoms with Gasteiger partial charge in [-0.1, -0.05) is 152 Å². The molecule has 2 aromatic heterocycles. The maximum absolute atomic E-state index is 6.72. The van der Waals surface area contributed by atoms with Crippen LogP contribution in [0.3, 0.4) is 0 Å². The smallest absolute Gasteiger partial charge is 0.136 e. The second kappa shape index (κ2) is 15.3. The van der Waals surface area contributed by atoms with Crippen molar-refractivity contribution in [3.8, 4) is 22.3 Å². The number of hydrogen-bond acceptors (Lipinski definition) is 3. The SMILES string of the molecule is c1ccc(N(c2ccc(CC3CCc4cc5oc6ccccc6c5c(-c5ccc6sc7ccccc7c6c5)c4-c4ccccc43)cc2)c2ccc3c4ccccc4c4ccccc4c3c2)cc1. The number of para-hydroxylation sites is 2. The molecule has 67 heavy (non-hydrogen) atoms. The van der Waals surface area contributed by atoms with E-state index in [9.17, 15) is 0 Å². The maximum Gasteiger partial charge on any atom is 0.136 e. The van der Waals surface area contributed by atoms with Gasteiger partial charge in [0, 0.05) is 53.6 Å². The number of rotatable bonds is 6. The first-order chi connectivity index (χ1) is 33.2. The van der Waals surface area contributed by atoms with Crippen LogP contribution in [0.15, 0.2) is 223 Å². The number of anilines is 3. The van der Waals surface area contributed by atoms with E-state index < -0.39 is 0 Å². The van der Waals surface area contributed by atoms with E-state index in [0.717, 1.165) is 47.5 Å². The lowest BCUT2D eigenvalue weighted by atomic mass is 9.84. The van der Waals surface area contributed by atoms with Gasteiger partial charge in [0.2, 0.25) is 0 Å². The van der Waals surface area contributed by atoms with Crippen molar-refractivity contribution in [3.05, 3.63) is 235 Å². The van der Waals surface area contributed by atoms with Gasteiger partial charge in [0.15, 0.2) is 0 Å². The van der Waals surface area contributed by atoms with E-state index in [1.54, 1.807) is 0 Å². The van der Waals surface area contributed by atoms with Gasteiger partial charge in [-0.2, -0.15) is 0 Å². The average molecular weight is 874 g/mol. The van der Waals surface area contributed by atoms with Crippen LogP contribution in [0.5, 0.6) is 0 Å². The molecule has 0 N–H and O–H groups in total. The highest BCUT2D eigenvalue weighted by molar-refractivity contribution is 7.25. The molecule has 13 aromatic rings. The minimum Gasteiger partial charge on any atom is -0.456 e. The van der Waals surface area contributed by atoms with Crippen LogP contribution in [0.1, 0.15) is 29.0 Å². The van der Waals surface area contributed by atoms with Crippen LogP contribution in [0.25, 0.3) is 96.7 Å². The normalized spacial score (nSPS) is 13.8. The number of furan rings is 1. The van der Waals surface area contributed by atoms with E-state index in [4.69, 9.17) is 4.42 Å². The summed E-state index contributed by atoms with van der Waals surface area (Å²) in [6, 6.07) is 80.9. The molecule has 0 spiro atoms. The second-order valence-corrected chi connectivity index (χ2v) is 19.3. The summed E-state index contributed by atoms with van der Waals surface area (Å²) >= 11 is 1.87. The molecule has 0 aliphatic heterocycles. The molecule has 1 aliphatic rings. The first-order valence-corrected chi connectivity index (χ1v) is 24.3. The number of benzene rings is 11. The fraction of sp³-hybridized carbons (Fsp3) is 0.0625. The summed E-state index contributed by atoms with van der Waals surface area (Å²) < 4.78 is 9.37. The van der Waals surface area contributed by atoms with E-state index >= 15 is 0 Å². The lowest BCUT2D eigenvalue weighted by Crippen LogP contribution is -2.10. The minimum absolute atomic E-state index is 0.336. The van der Waals surface area contributed by atoms with Crippen molar-refractivity contribution in [1.29, 1.82) is 0 Å². The van der Waals surface area contributed by atoms with Gasteiger partial charge < -0.3 is 9.32 Å². The Bertz CT molecular complexity index is 4050. The third kappa shape index (κ3) is 6.15. The molecule has 0 radical (unpaired) electrons. The van der Waals surface area contributed by atoms with Crippen molar-refractivity contribution in [2.45, 2.75) is 25.2 Å². The number of thiophene rings is 1. The monoisotopic (exact) mass is 873 g/mol. The molecule has 3 heteroatoms. The van der Waals surface area contributed by atoms with Crippen molar-refractivity contribution in [2.75, 3.05) is 4.90 Å². The number of aryl methyl sites for hydroxylation is 1. The fourth-order valence-corrected chi connectivity index (χ4v) is 12.6. The van der Waals surface area contributed by atoms with Crippen LogP contribution in [0, 0.1) is 0 Å². The lowest BCUT2D eigenvalue weighted by Gasteiger charge is -2.26. The van der Waals surface area contributed by atoms with Gasteiger partial charge in [-0.05, 0) is 158 Å². The Morgan fingerprint density at radius 3 is 1.84 bits per heavy atom. The second-order valence-electron chi connectivity index (χ2n) is 18.3. The van der Waals surface area contributed by atoms with Gasteiger partial charge >= 0.3 is 0 Å². The fourth-order valence-electron chi connectivity index (χ4n) is 11.5. The summed E-state index contributed by atoms with van der Waals surface area (Å²) in [5, 5.41) is 12.7. The Labute approximate surface area is 392 Å². The number of fused-ring (bicyclic) bond motifs is 15. The van der Waals surface area contributed by atoms with Crippen LogP contribution >= 0.6 is 11.3 Å². The zero-order chi connectivity index (χ0) is 44.0. The summed E-state index contributed by atoms with van der Waals surface area (Å²) in [6.07, 6.45) is 2.96. The van der Waals surface area contributed by atoms with E-state index in [2.05, 4.69) is 223 Å². The average Bonchev–Trinajstić information content (AvgIpc) is 3.91. The zero-order valence-electron chi connectivity index (χ0n) is 36.7. The Hall–Kier alpha value is -7.98. The molecule has 14 rings (SSSR count). The molecular weight excluding hydrogens is 831 g/mol. The van der Waals surface area contributed by atoms with Gasteiger partial charge in [-0.15, -0.1) is 11.3 Å². The van der Waals surface area contributed by atoms with E-state index in [1.165, 1.54) is 102 Å². The first-order valence-electron chi connectivity index (χ1n) is 23.5. The van der Waals surface area contributed by atoms with E-state index in [-0.39, 0.29) is 0 Å². The summed E-state index contributed by atoms with van der Waals surface area (Å²) in [5.41, 5.74) is 14.6. The molecular formula is C64H43NOS. The molecule has 11 aromatic carbocycles. The maximum atomic E-state index is 6.72. The van der Waals surface area contributed by atoms with E-state index in [0.29, 0.717) is 5.92 Å². The quantitative estimate of drug-likeness (QED) is 0.155. The predicted octanol–water partition coefficient (Wildman–Crippen LogP) is 18.5. The Balaban J connectivity index is 0.869. The number of nitrogens with zero attached hydrogens (tertiary/aromatic N) is 1. The summed E-state index contributed by atoms with van der Waals surface area (Å²) in [6.45, 7) is 0. The molecule has 316 valence electrons. The molecule has 0 bridgehead atoms. The molecule has 0 saturated carbocycles. The lowest BCUT2D eigenvalue weighted by molar-refractivity contribution is 0.627. The standard InChI is InChI=1S/C64H43NOS/c1-2-14-44(15-3-1)65(46-33-34-52-50-19-6-5-17-48(50)49-18-7-8-20-51(49)56(52)39-46)45-31-26-40(27-32-45)36-41-28-29-43-38-59-64(55-23-10-12-24-58(55)66-59)63(62(43)54-22-9-4-16-47(41)54)42-30-35-61-57(37-42)53-21-11-13-25-60(53)67-61/h1-27,30-35,37-39,41H,28-29,36H2. The Morgan fingerprint density at radius 1 is 0.433 bits per heavy atom. The summed E-state index contributed by atoms with van der Waals surface area (Å²) in [4.78, 5) is 2.40. The van der Waals surface area contributed by atoms with Crippen LogP contribution in [0.2, 0.25) is 0 Å². The van der Waals surface area contributed by atoms with Gasteiger partial charge in [0.1, 0.15) is 11.2 Å². The molecule has 1 unspecified atom stereocenters. The van der Waals surface area contributed by atoms with Crippen LogP contribution in [-0.2, 0) is 12.8 Å². The Morgan fingerprint density at radius 2 is 1.04 bits per heavy atom. The van der Waals surface area contributed by atoms with Crippen LogP contribution in [0.4, 0.5) is 17.1 Å². The largest absolute Gasteiger partial charge is 0.456 e. The van der Waals surface area contributed by atoms with E-state index in [1.807, 2.05) is 11.3 Å². The molecule has 1 aliphatic carbocycles. The predicted molar refractivity (Wildman–Crippen MR) is 286 cm³/mol. The third-order valence-electron chi connectivity index (χ3n) is 14.5. The molecule has 2 nitrogen and oxygen atoms in total. The van der Waals surface area contributed by atoms with Crippen molar-refractivity contribution in [2.24, 2.45) is 0 Å². The highest BCUT2D eigenvalue weighted by atomic mass is 32.1. The van der Waals surface area contributed by atoms with Gasteiger partial charge in [-0.25, -0.2) is 0 Å². The van der Waals surface area contributed by atoms with Crippen LogP contribution in [-0.4, -0.2) is 0 Å². The highest BCUT2D eigenvalue weighted by Gasteiger charge is 2.29. The summed E-state index contributed by atoms with van der Waals surface area (Å²) in [5.74, 6) is 0.336. The number of hydrogen-bond donors (Lipinski definition) is 0. The van der Waals surface area contributed by atoms with Crippen molar-refractivity contribution in [3.63, 3.8) is 0 Å². The molecule has 2 heterocycles. The molecule has 1 atom stereocenters. The van der Waals surface area contributed by atoms with Crippen molar-refractivity contribution >= 4 is 103 Å². The first kappa shape index (κ1) is 38.3. The zero-order valence-corrected chi connectivity index (χ0v) is 37.6.